The van der Waals surface area contributed by atoms with Gasteiger partial charge in [0.2, 0.25) is 5.95 Å². The average Bonchev–Trinajstić information content (AvgIpc) is 3.12. The van der Waals surface area contributed by atoms with Crippen LogP contribution in [0.2, 0.25) is 0 Å². The number of Topliss-reactive ketones (excluding diaryl/α,β-unsaturated/α-hetero) is 1. The molecule has 3 rings (SSSR count). The molecule has 0 aliphatic rings. The number of amides is 1. The largest absolute Gasteiger partial charge is 0.453 e. The summed E-state index contributed by atoms with van der Waals surface area (Å²) in [6.07, 6.45) is 1.48. The maximum Gasteiger partial charge on any atom is 0.413 e. The van der Waals surface area contributed by atoms with Crippen LogP contribution < -0.4 is 5.32 Å². The van der Waals surface area contributed by atoms with Crippen molar-refractivity contribution in [1.29, 1.82) is 0 Å². The smallest absolute Gasteiger partial charge is 0.413 e. The number of rotatable bonds is 7. The van der Waals surface area contributed by atoms with Crippen LogP contribution >= 0.6 is 0 Å². The maximum atomic E-state index is 13.0. The zero-order valence-electron chi connectivity index (χ0n) is 15.7. The quantitative estimate of drug-likeness (QED) is 0.595. The highest BCUT2D eigenvalue weighted by molar-refractivity contribution is 6.16. The number of methoxy groups -OCH3 is 1. The molecule has 1 amide bonds. The van der Waals surface area contributed by atoms with Crippen molar-refractivity contribution in [2.75, 3.05) is 12.4 Å². The molecule has 0 atom stereocenters. The molecule has 0 saturated carbocycles. The Labute approximate surface area is 162 Å². The van der Waals surface area contributed by atoms with Gasteiger partial charge in [0.1, 0.15) is 0 Å². The molecule has 0 aliphatic heterocycles. The molecule has 1 aromatic heterocycles. The van der Waals surface area contributed by atoms with E-state index in [2.05, 4.69) is 20.0 Å². The Bertz CT molecular complexity index is 1040. The van der Waals surface area contributed by atoms with Crippen LogP contribution in [0, 0.1) is 0 Å². The first-order chi connectivity index (χ1) is 13.5. The van der Waals surface area contributed by atoms with E-state index in [4.69, 9.17) is 0 Å². The number of ketones is 2. The molecule has 0 aliphatic carbocycles. The third kappa shape index (κ3) is 4.09. The van der Waals surface area contributed by atoms with Gasteiger partial charge in [-0.2, -0.15) is 0 Å². The second-order valence-corrected chi connectivity index (χ2v) is 6.34. The number of nitrogens with one attached hydrogen (secondary N) is 2. The van der Waals surface area contributed by atoms with Crippen molar-refractivity contribution in [1.82, 2.24) is 9.97 Å². The molecule has 3 aromatic rings. The van der Waals surface area contributed by atoms with E-state index in [-0.39, 0.29) is 17.5 Å². The Hall–Kier alpha value is -3.48. The van der Waals surface area contributed by atoms with Crippen LogP contribution in [0.1, 0.15) is 52.5 Å². The number of nitrogens with zero attached hydrogens (tertiary/aromatic N) is 1. The van der Waals surface area contributed by atoms with Crippen molar-refractivity contribution < 1.29 is 19.1 Å². The average molecular weight is 379 g/mol. The van der Waals surface area contributed by atoms with Crippen molar-refractivity contribution in [3.8, 4) is 0 Å². The predicted molar refractivity (Wildman–Crippen MR) is 106 cm³/mol. The van der Waals surface area contributed by atoms with Gasteiger partial charge in [-0.05, 0) is 24.6 Å². The first kappa shape index (κ1) is 19.3. The highest BCUT2D eigenvalue weighted by atomic mass is 16.5. The van der Waals surface area contributed by atoms with Crippen LogP contribution in [0.15, 0.2) is 42.5 Å². The number of aromatic amines is 1. The molecule has 7 nitrogen and oxygen atoms in total. The number of carbonyl (C=O) groups is 3. The van der Waals surface area contributed by atoms with Gasteiger partial charge < -0.3 is 9.72 Å². The van der Waals surface area contributed by atoms with E-state index in [1.165, 1.54) is 7.11 Å². The topological polar surface area (TPSA) is 101 Å². The Kier molecular flexibility index (Phi) is 5.84. The number of hydrogen-bond donors (Lipinski definition) is 2. The number of benzene rings is 2. The van der Waals surface area contributed by atoms with Crippen LogP contribution in [-0.4, -0.2) is 34.7 Å². The molecule has 0 unspecified atom stereocenters. The molecule has 144 valence electrons. The van der Waals surface area contributed by atoms with Gasteiger partial charge >= 0.3 is 6.09 Å². The number of ether oxygens (including phenoxy) is 1. The van der Waals surface area contributed by atoms with Gasteiger partial charge in [-0.25, -0.2) is 9.78 Å². The summed E-state index contributed by atoms with van der Waals surface area (Å²) in [4.78, 5) is 44.0. The molecule has 0 bridgehead atoms. The number of unbranched alkanes of at least 4 members (excludes halogenated alkanes) is 1. The summed E-state index contributed by atoms with van der Waals surface area (Å²) in [7, 11) is 1.26. The van der Waals surface area contributed by atoms with Gasteiger partial charge in [-0.1, -0.05) is 37.6 Å². The van der Waals surface area contributed by atoms with Gasteiger partial charge in [0.05, 0.1) is 18.1 Å². The lowest BCUT2D eigenvalue weighted by molar-refractivity contribution is 0.0965. The SMILES string of the molecule is CCCCC(=O)c1ccccc1C(=O)c1ccc2nc(NC(=O)OC)[nH]c2c1. The van der Waals surface area contributed by atoms with Gasteiger partial charge in [0.15, 0.2) is 11.6 Å². The third-order valence-corrected chi connectivity index (χ3v) is 4.38. The summed E-state index contributed by atoms with van der Waals surface area (Å²) in [5.41, 5.74) is 2.44. The van der Waals surface area contributed by atoms with Gasteiger partial charge in [-0.3, -0.25) is 14.9 Å². The Morgan fingerprint density at radius 2 is 1.86 bits per heavy atom. The molecule has 0 fully saturated rings. The second-order valence-electron chi connectivity index (χ2n) is 6.34. The van der Waals surface area contributed by atoms with Crippen LogP contribution in [0.25, 0.3) is 11.0 Å². The van der Waals surface area contributed by atoms with Gasteiger partial charge in [-0.15, -0.1) is 0 Å². The molecule has 28 heavy (non-hydrogen) atoms. The molecule has 7 heteroatoms. The Morgan fingerprint density at radius 1 is 1.11 bits per heavy atom. The summed E-state index contributed by atoms with van der Waals surface area (Å²) < 4.78 is 4.54. The summed E-state index contributed by atoms with van der Waals surface area (Å²) in [6, 6.07) is 11.9. The first-order valence-corrected chi connectivity index (χ1v) is 9.05. The Morgan fingerprint density at radius 3 is 2.57 bits per heavy atom. The fourth-order valence-corrected chi connectivity index (χ4v) is 2.91. The summed E-state index contributed by atoms with van der Waals surface area (Å²) in [5, 5.41) is 2.45. The number of carbonyl (C=O) groups excluding carboxylic acids is 3. The van der Waals surface area contributed by atoms with Crippen molar-refractivity contribution in [3.05, 3.63) is 59.2 Å². The van der Waals surface area contributed by atoms with E-state index < -0.39 is 6.09 Å². The zero-order chi connectivity index (χ0) is 20.1. The van der Waals surface area contributed by atoms with Crippen molar-refractivity contribution in [2.24, 2.45) is 0 Å². The van der Waals surface area contributed by atoms with Crippen LogP contribution in [-0.2, 0) is 4.74 Å². The van der Waals surface area contributed by atoms with E-state index in [0.29, 0.717) is 34.1 Å². The minimum atomic E-state index is -0.644. The summed E-state index contributed by atoms with van der Waals surface area (Å²) >= 11 is 0. The van der Waals surface area contributed by atoms with Gasteiger partial charge in [0.25, 0.3) is 0 Å². The van der Waals surface area contributed by atoms with Gasteiger partial charge in [0, 0.05) is 23.1 Å². The zero-order valence-corrected chi connectivity index (χ0v) is 15.7. The summed E-state index contributed by atoms with van der Waals surface area (Å²) in [6.45, 7) is 2.02. The third-order valence-electron chi connectivity index (χ3n) is 4.38. The molecule has 2 aromatic carbocycles. The molecule has 0 spiro atoms. The number of H-pyrrole nitrogens is 1. The van der Waals surface area contributed by atoms with E-state index >= 15 is 0 Å². The van der Waals surface area contributed by atoms with Crippen molar-refractivity contribution in [2.45, 2.75) is 26.2 Å². The molecule has 0 radical (unpaired) electrons. The number of hydrogen-bond acceptors (Lipinski definition) is 5. The molecule has 0 saturated heterocycles. The fourth-order valence-electron chi connectivity index (χ4n) is 2.91. The van der Waals surface area contributed by atoms with Crippen molar-refractivity contribution >= 4 is 34.6 Å². The summed E-state index contributed by atoms with van der Waals surface area (Å²) in [5.74, 6) is -0.0426. The molecule has 2 N–H and O–H groups in total. The highest BCUT2D eigenvalue weighted by Crippen LogP contribution is 2.21. The number of imidazole rings is 1. The highest BCUT2D eigenvalue weighted by Gasteiger charge is 2.18. The minimum Gasteiger partial charge on any atom is -0.453 e. The lowest BCUT2D eigenvalue weighted by Gasteiger charge is -2.08. The monoisotopic (exact) mass is 379 g/mol. The number of fused-ring (bicyclic) bond motifs is 1. The molecular weight excluding hydrogens is 358 g/mol. The fraction of sp³-hybridized carbons (Fsp3) is 0.238. The van der Waals surface area contributed by atoms with Crippen molar-refractivity contribution in [3.63, 3.8) is 0 Å². The first-order valence-electron chi connectivity index (χ1n) is 9.05. The number of anilines is 1. The van der Waals surface area contributed by atoms with Crippen LogP contribution in [0.3, 0.4) is 0 Å². The minimum absolute atomic E-state index is 0.0296. The van der Waals surface area contributed by atoms with E-state index in [9.17, 15) is 14.4 Å². The number of aromatic nitrogens is 2. The second kappa shape index (κ2) is 8.47. The predicted octanol–water partition coefficient (Wildman–Crippen LogP) is 4.35. The molecule has 1 heterocycles. The van der Waals surface area contributed by atoms with Crippen LogP contribution in [0.5, 0.6) is 0 Å². The van der Waals surface area contributed by atoms with E-state index in [1.54, 1.807) is 42.5 Å². The van der Waals surface area contributed by atoms with E-state index in [0.717, 1.165) is 12.8 Å². The standard InChI is InChI=1S/C21H21N3O4/c1-3-4-9-18(25)14-7-5-6-8-15(14)19(26)13-10-11-16-17(12-13)23-20(22-16)24-21(27)28-2/h5-8,10-12H,3-4,9H2,1-2H3,(H2,22,23,24,27). The van der Waals surface area contributed by atoms with Crippen LogP contribution in [0.4, 0.5) is 10.7 Å². The lowest BCUT2D eigenvalue weighted by Crippen LogP contribution is -2.11. The normalized spacial score (nSPS) is 10.6. The lowest BCUT2D eigenvalue weighted by atomic mass is 9.94. The van der Waals surface area contributed by atoms with E-state index in [1.807, 2.05) is 6.92 Å². The Balaban J connectivity index is 1.91. The maximum absolute atomic E-state index is 13.0. The molecular formula is C21H21N3O4.